The van der Waals surface area contributed by atoms with E-state index in [1.165, 1.54) is 140 Å². The number of benzene rings is 2. The van der Waals surface area contributed by atoms with Gasteiger partial charge in [-0.25, -0.2) is 36.0 Å². The Balaban J connectivity index is 0.00000156. The largest absolute Gasteiger partial charge is 2.00 e. The van der Waals surface area contributed by atoms with Crippen molar-refractivity contribution >= 4 is 81.9 Å². The molecule has 0 atom stereocenters. The van der Waals surface area contributed by atoms with Crippen LogP contribution in [0.3, 0.4) is 0 Å². The monoisotopic (exact) mass is 1190 g/mol. The molecule has 0 saturated heterocycles. The van der Waals surface area contributed by atoms with Crippen LogP contribution < -0.4 is 0 Å². The molecule has 17 heteroatoms. The summed E-state index contributed by atoms with van der Waals surface area (Å²) in [5.74, 6) is -3.77. The molecule has 0 aliphatic heterocycles. The Kier molecular flexibility index (Phi) is 48.6. The summed E-state index contributed by atoms with van der Waals surface area (Å²) < 4.78 is 92.0. The molecule has 14 nitrogen and oxygen atoms in total. The number of carbonyl (C=O) groups is 4. The Hall–Kier alpha value is -3.64. The molecule has 0 N–H and O–H groups in total. The molecule has 2 aromatic rings. The predicted molar refractivity (Wildman–Crippen MR) is 323 cm³/mol. The number of ether oxygens (including phenoxy) is 4. The molecule has 0 bridgehead atoms. The van der Waals surface area contributed by atoms with E-state index in [2.05, 4.69) is 64.2 Å². The first-order chi connectivity index (χ1) is 38.6. The van der Waals surface area contributed by atoms with E-state index in [-0.39, 0.29) is 75.3 Å². The minimum atomic E-state index is -5.01. The second-order valence-electron chi connectivity index (χ2n) is 20.1. The minimum Gasteiger partial charge on any atom is -0.744 e. The van der Waals surface area contributed by atoms with Gasteiger partial charge in [0, 0.05) is 0 Å². The maximum Gasteiger partial charge on any atom is 2.00 e. The first kappa shape index (κ1) is 77.4. The molecule has 0 radical (unpaired) electrons. The standard InChI is InChI=1S/2C32H50O7S.Ca/c2*1-3-5-7-9-11-13-15-17-19-21-26-38-31(33)28-24-23-25-29(40(35,36)37)30(28)32(34)39-27-22-20-18-16-14-12-10-8-6-4-2;/h2*15-18,23-25H,3-14,19-22,26-27H2,1-2H3,(H,35,36,37);/q;;+2/p-2/b2*17-15+,18-16+;. The number of allylic oxidation sites excluding steroid dienone is 8. The Morgan fingerprint density at radius 3 is 0.802 bits per heavy atom. The normalized spacial score (nSPS) is 11.7. The molecule has 0 spiro atoms. The minimum absolute atomic E-state index is 0. The topological polar surface area (TPSA) is 220 Å². The second kappa shape index (κ2) is 50.8. The van der Waals surface area contributed by atoms with Gasteiger partial charge in [0.15, 0.2) is 0 Å². The molecule has 0 aliphatic rings. The quantitative estimate of drug-likeness (QED) is 0.0150. The summed E-state index contributed by atoms with van der Waals surface area (Å²) in [6, 6.07) is 7.05. The van der Waals surface area contributed by atoms with Crippen LogP contribution in [-0.2, 0) is 39.2 Å². The molecular weight excluding hydrogens is 1100 g/mol. The molecule has 452 valence electrons. The number of esters is 4. The molecule has 0 aromatic heterocycles. The van der Waals surface area contributed by atoms with Gasteiger partial charge in [-0.2, -0.15) is 0 Å². The van der Waals surface area contributed by atoms with Crippen LogP contribution in [0.25, 0.3) is 0 Å². The first-order valence-electron chi connectivity index (χ1n) is 30.1. The van der Waals surface area contributed by atoms with Crippen LogP contribution in [0.4, 0.5) is 0 Å². The molecule has 81 heavy (non-hydrogen) atoms. The van der Waals surface area contributed by atoms with Crippen LogP contribution in [0.15, 0.2) is 94.8 Å². The van der Waals surface area contributed by atoms with Gasteiger partial charge in [0.25, 0.3) is 0 Å². The Bertz CT molecular complexity index is 2200. The SMILES string of the molecule is CCCCCCC/C=C/CCCOC(=O)c1cccc(S(=O)(=O)[O-])c1C(=O)OCCC/C=C/CCCCCCC.CCCCCCC/C=C/CCCOC(=O)c1cccc(S(=O)(=O)[O-])c1C(=O)OCCC/C=C/CCCCCCC.[Ca+2]. The Labute approximate surface area is 518 Å². The molecule has 0 saturated carbocycles. The molecule has 0 fully saturated rings. The van der Waals surface area contributed by atoms with Crippen molar-refractivity contribution < 1.29 is 64.1 Å². The fourth-order valence-electron chi connectivity index (χ4n) is 8.41. The van der Waals surface area contributed by atoms with Gasteiger partial charge in [-0.1, -0.05) is 191 Å². The summed E-state index contributed by atoms with van der Waals surface area (Å²) in [6.07, 6.45) is 50.5. The van der Waals surface area contributed by atoms with Crippen LogP contribution in [0.1, 0.15) is 275 Å². The van der Waals surface area contributed by atoms with E-state index in [9.17, 15) is 45.1 Å². The maximum atomic E-state index is 12.8. The Morgan fingerprint density at radius 2 is 0.568 bits per heavy atom. The van der Waals surface area contributed by atoms with E-state index < -0.39 is 65.0 Å². The number of hydrogen-bond acceptors (Lipinski definition) is 14. The van der Waals surface area contributed by atoms with Crippen molar-refractivity contribution in [1.29, 1.82) is 0 Å². The average Bonchev–Trinajstić information content (AvgIpc) is 3.45. The van der Waals surface area contributed by atoms with E-state index in [1.54, 1.807) is 0 Å². The Morgan fingerprint density at radius 1 is 0.346 bits per heavy atom. The fourth-order valence-corrected chi connectivity index (χ4v) is 9.79. The van der Waals surface area contributed by atoms with Gasteiger partial charge in [-0.15, -0.1) is 0 Å². The van der Waals surface area contributed by atoms with Gasteiger partial charge in [0.1, 0.15) is 20.2 Å². The summed E-state index contributed by atoms with van der Waals surface area (Å²) in [5, 5.41) is 0. The van der Waals surface area contributed by atoms with Gasteiger partial charge in [-0.05, 0) is 127 Å². The third-order valence-electron chi connectivity index (χ3n) is 13.0. The van der Waals surface area contributed by atoms with Crippen molar-refractivity contribution in [1.82, 2.24) is 0 Å². The average molecular weight is 1200 g/mol. The van der Waals surface area contributed by atoms with Crippen LogP contribution >= 0.6 is 0 Å². The smallest absolute Gasteiger partial charge is 0.744 e. The summed E-state index contributed by atoms with van der Waals surface area (Å²) >= 11 is 0. The second-order valence-corrected chi connectivity index (χ2v) is 22.8. The number of carbonyl (C=O) groups excluding carboxylic acids is 4. The van der Waals surface area contributed by atoms with Crippen molar-refractivity contribution in [2.45, 2.75) is 243 Å². The van der Waals surface area contributed by atoms with Gasteiger partial charge in [-0.3, -0.25) is 0 Å². The van der Waals surface area contributed by atoms with Crippen molar-refractivity contribution in [3.8, 4) is 0 Å². The van der Waals surface area contributed by atoms with E-state index in [0.717, 1.165) is 63.5 Å². The van der Waals surface area contributed by atoms with Gasteiger partial charge >= 0.3 is 61.6 Å². The molecular formula is C64H98CaO14S2. The van der Waals surface area contributed by atoms with Crippen molar-refractivity contribution in [3.63, 3.8) is 0 Å². The van der Waals surface area contributed by atoms with E-state index in [4.69, 9.17) is 18.9 Å². The van der Waals surface area contributed by atoms with E-state index >= 15 is 0 Å². The number of hydrogen-bond donors (Lipinski definition) is 0. The van der Waals surface area contributed by atoms with E-state index in [1.807, 2.05) is 12.2 Å². The van der Waals surface area contributed by atoms with Crippen molar-refractivity contribution in [3.05, 3.63) is 107 Å². The van der Waals surface area contributed by atoms with Crippen molar-refractivity contribution in [2.75, 3.05) is 26.4 Å². The molecule has 0 aliphatic carbocycles. The van der Waals surface area contributed by atoms with Gasteiger partial charge in [0.2, 0.25) is 0 Å². The van der Waals surface area contributed by atoms with E-state index in [0.29, 0.717) is 38.5 Å². The van der Waals surface area contributed by atoms with Crippen LogP contribution in [-0.4, -0.2) is 114 Å². The third-order valence-corrected chi connectivity index (χ3v) is 14.8. The van der Waals surface area contributed by atoms with Crippen LogP contribution in [0.2, 0.25) is 0 Å². The molecule has 0 unspecified atom stereocenters. The molecule has 2 aromatic carbocycles. The first-order valence-corrected chi connectivity index (χ1v) is 32.9. The van der Waals surface area contributed by atoms with Crippen molar-refractivity contribution in [2.24, 2.45) is 0 Å². The zero-order valence-corrected chi connectivity index (χ0v) is 53.6. The van der Waals surface area contributed by atoms with Crippen LogP contribution in [0, 0.1) is 0 Å². The zero-order chi connectivity index (χ0) is 59.0. The van der Waals surface area contributed by atoms with Gasteiger partial charge in [0.05, 0.1) is 58.5 Å². The van der Waals surface area contributed by atoms with Crippen LogP contribution in [0.5, 0.6) is 0 Å². The number of unbranched alkanes of at least 4 members (excludes halogenated alkanes) is 24. The summed E-state index contributed by atoms with van der Waals surface area (Å²) in [5.41, 5.74) is -1.69. The fraction of sp³-hybridized carbons (Fsp3) is 0.625. The zero-order valence-electron chi connectivity index (χ0n) is 49.8. The molecule has 0 heterocycles. The summed E-state index contributed by atoms with van der Waals surface area (Å²) in [4.78, 5) is 49.5. The molecule has 2 rings (SSSR count). The predicted octanol–water partition coefficient (Wildman–Crippen LogP) is 16.2. The third kappa shape index (κ3) is 38.8. The maximum absolute atomic E-state index is 12.8. The molecule has 0 amide bonds. The summed E-state index contributed by atoms with van der Waals surface area (Å²) in [6.45, 7) is 9.05. The summed E-state index contributed by atoms with van der Waals surface area (Å²) in [7, 11) is -10.0. The van der Waals surface area contributed by atoms with Gasteiger partial charge < -0.3 is 28.1 Å². The number of rotatable bonds is 46.